The van der Waals surface area contributed by atoms with Crippen LogP contribution in [0.1, 0.15) is 18.1 Å². The van der Waals surface area contributed by atoms with Crippen LogP contribution in [-0.4, -0.2) is 16.2 Å². The van der Waals surface area contributed by atoms with Crippen LogP contribution >= 0.6 is 23.4 Å². The van der Waals surface area contributed by atoms with Crippen molar-refractivity contribution in [2.45, 2.75) is 18.5 Å². The van der Waals surface area contributed by atoms with Gasteiger partial charge < -0.3 is 4.98 Å². The Bertz CT molecular complexity index is 749. The zero-order valence-corrected chi connectivity index (χ0v) is 12.6. The maximum absolute atomic E-state index is 11.9. The van der Waals surface area contributed by atoms with Gasteiger partial charge in [-0.2, -0.15) is 5.26 Å². The van der Waals surface area contributed by atoms with Crippen molar-refractivity contribution in [1.82, 2.24) is 9.97 Å². The number of hydrogen-bond donors (Lipinski definition) is 1. The second-order valence-corrected chi connectivity index (χ2v) is 5.30. The van der Waals surface area contributed by atoms with E-state index >= 15 is 0 Å². The van der Waals surface area contributed by atoms with E-state index < -0.39 is 5.56 Å². The van der Waals surface area contributed by atoms with Gasteiger partial charge in [0.15, 0.2) is 5.16 Å². The molecule has 0 aliphatic carbocycles. The highest BCUT2D eigenvalue weighted by atomic mass is 35.5. The van der Waals surface area contributed by atoms with Gasteiger partial charge in [-0.1, -0.05) is 36.4 Å². The third kappa shape index (κ3) is 2.72. The first kappa shape index (κ1) is 14.6. The Morgan fingerprint density at radius 1 is 1.50 bits per heavy atom. The van der Waals surface area contributed by atoms with Crippen LogP contribution in [0.5, 0.6) is 0 Å². The minimum Gasteiger partial charge on any atom is -0.300 e. The van der Waals surface area contributed by atoms with E-state index in [2.05, 4.69) is 9.97 Å². The Morgan fingerprint density at radius 3 is 2.85 bits per heavy atom. The standard InChI is InChI=1S/C14H12ClN3OS/c1-3-8-6-9(15)4-5-10(8)12-11(7-16)13(19)18-14(17-12)20-2/h4-6H,3H2,1-2H3,(H,17,18,19). The predicted octanol–water partition coefficient (Wildman–Crippen LogP) is 3.25. The normalized spacial score (nSPS) is 10.3. The lowest BCUT2D eigenvalue weighted by Crippen LogP contribution is -2.15. The molecule has 1 aromatic carbocycles. The molecule has 0 amide bonds. The Labute approximate surface area is 125 Å². The van der Waals surface area contributed by atoms with E-state index in [1.165, 1.54) is 11.8 Å². The first-order valence-electron chi connectivity index (χ1n) is 5.97. The molecule has 0 aliphatic heterocycles. The fraction of sp³-hybridized carbons (Fsp3) is 0.214. The summed E-state index contributed by atoms with van der Waals surface area (Å²) in [6.45, 7) is 1.99. The molecule has 20 heavy (non-hydrogen) atoms. The van der Waals surface area contributed by atoms with Crippen molar-refractivity contribution in [3.8, 4) is 17.3 Å². The number of aryl methyl sites for hydroxylation is 1. The Morgan fingerprint density at radius 2 is 2.25 bits per heavy atom. The van der Waals surface area contributed by atoms with Gasteiger partial charge in [0.1, 0.15) is 11.6 Å². The van der Waals surface area contributed by atoms with E-state index in [1.807, 2.05) is 25.3 Å². The van der Waals surface area contributed by atoms with Crippen LogP contribution in [0.25, 0.3) is 11.3 Å². The fourth-order valence-electron chi connectivity index (χ4n) is 1.93. The highest BCUT2D eigenvalue weighted by Crippen LogP contribution is 2.27. The van der Waals surface area contributed by atoms with Gasteiger partial charge in [0, 0.05) is 10.6 Å². The van der Waals surface area contributed by atoms with Crippen LogP contribution in [0.3, 0.4) is 0 Å². The molecular weight excluding hydrogens is 294 g/mol. The molecule has 1 aromatic heterocycles. The van der Waals surface area contributed by atoms with Crippen LogP contribution < -0.4 is 5.56 Å². The number of aromatic nitrogens is 2. The number of nitrogens with one attached hydrogen (secondary N) is 1. The van der Waals surface area contributed by atoms with Gasteiger partial charge in [0.25, 0.3) is 5.56 Å². The number of benzene rings is 1. The minimum absolute atomic E-state index is 0.0276. The minimum atomic E-state index is -0.418. The molecule has 0 aliphatic rings. The molecule has 0 fully saturated rings. The summed E-state index contributed by atoms with van der Waals surface area (Å²) in [5, 5.41) is 10.3. The topological polar surface area (TPSA) is 69.5 Å². The van der Waals surface area contributed by atoms with Crippen LogP contribution in [-0.2, 0) is 6.42 Å². The maximum atomic E-state index is 11.9. The predicted molar refractivity (Wildman–Crippen MR) is 81.2 cm³/mol. The number of halogens is 1. The molecule has 2 rings (SSSR count). The lowest BCUT2D eigenvalue weighted by Gasteiger charge is -2.10. The van der Waals surface area contributed by atoms with Crippen LogP contribution in [0.4, 0.5) is 0 Å². The van der Waals surface area contributed by atoms with Crippen LogP contribution in [0, 0.1) is 11.3 Å². The number of thioether (sulfide) groups is 1. The Hall–Kier alpha value is -1.77. The van der Waals surface area contributed by atoms with E-state index in [9.17, 15) is 10.1 Å². The average molecular weight is 306 g/mol. The zero-order chi connectivity index (χ0) is 14.7. The molecule has 0 bridgehead atoms. The van der Waals surface area contributed by atoms with Crippen molar-refractivity contribution in [1.29, 1.82) is 5.26 Å². The molecule has 1 N–H and O–H groups in total. The van der Waals surface area contributed by atoms with Crippen molar-refractivity contribution in [3.05, 3.63) is 44.7 Å². The lowest BCUT2D eigenvalue weighted by molar-refractivity contribution is 0.935. The van der Waals surface area contributed by atoms with Gasteiger partial charge in [0.2, 0.25) is 0 Å². The third-order valence-electron chi connectivity index (χ3n) is 2.91. The second-order valence-electron chi connectivity index (χ2n) is 4.07. The maximum Gasteiger partial charge on any atom is 0.270 e. The fourth-order valence-corrected chi connectivity index (χ4v) is 2.51. The number of hydrogen-bond acceptors (Lipinski definition) is 4. The highest BCUT2D eigenvalue weighted by Gasteiger charge is 2.15. The average Bonchev–Trinajstić information content (AvgIpc) is 2.46. The number of aromatic amines is 1. The molecule has 4 nitrogen and oxygen atoms in total. The Balaban J connectivity index is 2.78. The van der Waals surface area contributed by atoms with Crippen LogP contribution in [0.15, 0.2) is 28.2 Å². The zero-order valence-electron chi connectivity index (χ0n) is 11.0. The summed E-state index contributed by atoms with van der Waals surface area (Å²) >= 11 is 7.31. The Kier molecular flexibility index (Phi) is 4.48. The molecule has 102 valence electrons. The number of nitriles is 1. The van der Waals surface area contributed by atoms with Crippen molar-refractivity contribution >= 4 is 23.4 Å². The first-order valence-corrected chi connectivity index (χ1v) is 7.58. The van der Waals surface area contributed by atoms with Gasteiger partial charge in [-0.25, -0.2) is 4.98 Å². The second kappa shape index (κ2) is 6.12. The van der Waals surface area contributed by atoms with Crippen molar-refractivity contribution < 1.29 is 0 Å². The molecule has 0 spiro atoms. The van der Waals surface area contributed by atoms with E-state index in [0.29, 0.717) is 15.9 Å². The van der Waals surface area contributed by atoms with Gasteiger partial charge in [-0.05, 0) is 30.4 Å². The smallest absolute Gasteiger partial charge is 0.270 e. The van der Waals surface area contributed by atoms with Crippen LogP contribution in [0.2, 0.25) is 5.02 Å². The summed E-state index contributed by atoms with van der Waals surface area (Å²) in [6.07, 6.45) is 2.56. The molecule has 0 radical (unpaired) electrons. The van der Waals surface area contributed by atoms with E-state index in [4.69, 9.17) is 11.6 Å². The molecule has 0 saturated heterocycles. The molecular formula is C14H12ClN3OS. The highest BCUT2D eigenvalue weighted by molar-refractivity contribution is 7.98. The molecule has 2 aromatic rings. The van der Waals surface area contributed by atoms with Gasteiger partial charge in [0.05, 0.1) is 5.69 Å². The summed E-state index contributed by atoms with van der Waals surface area (Å²) in [5.41, 5.74) is 1.75. The summed E-state index contributed by atoms with van der Waals surface area (Å²) in [6, 6.07) is 7.30. The molecule has 1 heterocycles. The third-order valence-corrected chi connectivity index (χ3v) is 3.72. The number of H-pyrrole nitrogens is 1. The molecule has 0 unspecified atom stereocenters. The summed E-state index contributed by atoms with van der Waals surface area (Å²) in [7, 11) is 0. The monoisotopic (exact) mass is 305 g/mol. The lowest BCUT2D eigenvalue weighted by atomic mass is 10.00. The molecule has 6 heteroatoms. The number of nitrogens with zero attached hydrogens (tertiary/aromatic N) is 2. The van der Waals surface area contributed by atoms with Gasteiger partial charge >= 0.3 is 0 Å². The van der Waals surface area contributed by atoms with Gasteiger partial charge in [-0.15, -0.1) is 0 Å². The largest absolute Gasteiger partial charge is 0.300 e. The van der Waals surface area contributed by atoms with E-state index in [1.54, 1.807) is 12.1 Å². The SMILES string of the molecule is CCc1cc(Cl)ccc1-c1nc(SC)[nH]c(=O)c1C#N. The van der Waals surface area contributed by atoms with E-state index in [0.717, 1.165) is 17.5 Å². The molecule has 0 saturated carbocycles. The van der Waals surface area contributed by atoms with E-state index in [-0.39, 0.29) is 5.56 Å². The van der Waals surface area contributed by atoms with Gasteiger partial charge in [-0.3, -0.25) is 4.79 Å². The molecule has 0 atom stereocenters. The summed E-state index contributed by atoms with van der Waals surface area (Å²) < 4.78 is 0. The quantitative estimate of drug-likeness (QED) is 0.698. The summed E-state index contributed by atoms with van der Waals surface area (Å²) in [5.74, 6) is 0. The van der Waals surface area contributed by atoms with Crippen molar-refractivity contribution in [3.63, 3.8) is 0 Å². The van der Waals surface area contributed by atoms with Crippen molar-refractivity contribution in [2.75, 3.05) is 6.26 Å². The summed E-state index contributed by atoms with van der Waals surface area (Å²) in [4.78, 5) is 18.9. The number of rotatable bonds is 3. The van der Waals surface area contributed by atoms with Crippen molar-refractivity contribution in [2.24, 2.45) is 0 Å². The first-order chi connectivity index (χ1) is 9.60.